The number of nitrogens with zero attached hydrogens (tertiary/aromatic N) is 2. The summed E-state index contributed by atoms with van der Waals surface area (Å²) in [5.41, 5.74) is 1.18. The van der Waals surface area contributed by atoms with Gasteiger partial charge in [-0.05, 0) is 37.2 Å². The molecule has 18 heavy (non-hydrogen) atoms. The molecule has 1 saturated heterocycles. The van der Waals surface area contributed by atoms with Crippen molar-refractivity contribution in [1.29, 1.82) is 0 Å². The first kappa shape index (κ1) is 11.9. The molecule has 1 heterocycles. The van der Waals surface area contributed by atoms with E-state index in [-0.39, 0.29) is 0 Å². The van der Waals surface area contributed by atoms with Gasteiger partial charge in [0.15, 0.2) is 5.11 Å². The number of hydrogen-bond acceptors (Lipinski definition) is 2. The van der Waals surface area contributed by atoms with E-state index in [1.54, 1.807) is 0 Å². The lowest BCUT2D eigenvalue weighted by Crippen LogP contribution is -2.58. The lowest BCUT2D eigenvalue weighted by atomic mass is 10.2. The number of benzene rings is 1. The Morgan fingerprint density at radius 3 is 2.56 bits per heavy atom. The van der Waals surface area contributed by atoms with Gasteiger partial charge in [-0.25, -0.2) is 0 Å². The van der Waals surface area contributed by atoms with E-state index in [0.29, 0.717) is 0 Å². The average Bonchev–Trinajstić information content (AvgIpc) is 2.94. The van der Waals surface area contributed by atoms with Crippen LogP contribution in [0.5, 0.6) is 0 Å². The first-order chi connectivity index (χ1) is 8.84. The molecule has 0 amide bonds. The lowest BCUT2D eigenvalue weighted by Gasteiger charge is -2.40. The Kier molecular flexibility index (Phi) is 3.48. The van der Waals surface area contributed by atoms with Gasteiger partial charge in [0, 0.05) is 11.7 Å². The van der Waals surface area contributed by atoms with Crippen molar-refractivity contribution in [2.75, 3.05) is 18.2 Å². The van der Waals surface area contributed by atoms with E-state index in [0.717, 1.165) is 24.5 Å². The summed E-state index contributed by atoms with van der Waals surface area (Å²) < 4.78 is 0. The van der Waals surface area contributed by atoms with Gasteiger partial charge in [-0.1, -0.05) is 31.0 Å². The molecule has 0 aromatic heterocycles. The number of anilines is 1. The van der Waals surface area contributed by atoms with Crippen LogP contribution in [0.1, 0.15) is 25.7 Å². The number of para-hydroxylation sites is 1. The summed E-state index contributed by atoms with van der Waals surface area (Å²) in [6, 6.07) is 11.1. The molecule has 0 radical (unpaired) electrons. The third kappa shape index (κ3) is 2.35. The normalized spacial score (nSPS) is 22.2. The largest absolute Gasteiger partial charge is 0.349 e. The zero-order chi connectivity index (χ0) is 12.4. The van der Waals surface area contributed by atoms with Gasteiger partial charge in [0.25, 0.3) is 0 Å². The second kappa shape index (κ2) is 5.24. The summed E-state index contributed by atoms with van der Waals surface area (Å²) in [5.74, 6) is 0. The number of rotatable bonds is 2. The summed E-state index contributed by atoms with van der Waals surface area (Å²) in [6.07, 6.45) is 5.40. The molecular formula is C14H19N3S. The predicted octanol–water partition coefficient (Wildman–Crippen LogP) is 2.54. The molecule has 1 aromatic carbocycles. The minimum absolute atomic E-state index is 0.729. The monoisotopic (exact) mass is 261 g/mol. The van der Waals surface area contributed by atoms with Gasteiger partial charge >= 0.3 is 0 Å². The van der Waals surface area contributed by atoms with Crippen LogP contribution in [-0.4, -0.2) is 29.4 Å². The van der Waals surface area contributed by atoms with E-state index < -0.39 is 0 Å². The minimum atomic E-state index is 0.729. The standard InChI is InChI=1S/C14H19N3S/c18-14-15-10-16(12-6-4-5-7-12)11-17(14)13-8-2-1-3-9-13/h1-3,8-9,12H,4-7,10-11H2,(H,15,18). The van der Waals surface area contributed by atoms with Crippen LogP contribution in [-0.2, 0) is 0 Å². The lowest BCUT2D eigenvalue weighted by molar-refractivity contribution is 0.188. The molecule has 0 bridgehead atoms. The number of nitrogens with one attached hydrogen (secondary N) is 1. The van der Waals surface area contributed by atoms with Crippen molar-refractivity contribution in [3.05, 3.63) is 30.3 Å². The van der Waals surface area contributed by atoms with Gasteiger partial charge in [0.2, 0.25) is 0 Å². The second-order valence-corrected chi connectivity index (χ2v) is 5.46. The van der Waals surface area contributed by atoms with E-state index in [1.165, 1.54) is 31.4 Å². The Morgan fingerprint density at radius 1 is 1.11 bits per heavy atom. The Morgan fingerprint density at radius 2 is 1.83 bits per heavy atom. The molecule has 1 N–H and O–H groups in total. The van der Waals surface area contributed by atoms with E-state index in [1.807, 2.05) is 6.07 Å². The third-order valence-corrected chi connectivity index (χ3v) is 4.28. The molecular weight excluding hydrogens is 242 g/mol. The molecule has 3 nitrogen and oxygen atoms in total. The topological polar surface area (TPSA) is 18.5 Å². The first-order valence-electron chi connectivity index (χ1n) is 6.69. The zero-order valence-corrected chi connectivity index (χ0v) is 11.3. The molecule has 1 aromatic rings. The van der Waals surface area contributed by atoms with Crippen LogP contribution >= 0.6 is 12.2 Å². The van der Waals surface area contributed by atoms with Crippen molar-refractivity contribution in [3.8, 4) is 0 Å². The maximum Gasteiger partial charge on any atom is 0.175 e. The van der Waals surface area contributed by atoms with Crippen molar-refractivity contribution in [3.63, 3.8) is 0 Å². The van der Waals surface area contributed by atoms with Crippen LogP contribution in [0, 0.1) is 0 Å². The van der Waals surface area contributed by atoms with Crippen LogP contribution < -0.4 is 10.2 Å². The average molecular weight is 261 g/mol. The van der Waals surface area contributed by atoms with E-state index in [2.05, 4.69) is 39.4 Å². The van der Waals surface area contributed by atoms with Crippen LogP contribution in [0.4, 0.5) is 5.69 Å². The molecule has 1 aliphatic carbocycles. The van der Waals surface area contributed by atoms with Gasteiger partial charge in [-0.15, -0.1) is 0 Å². The SMILES string of the molecule is S=C1NCN(C2CCCC2)CN1c1ccccc1. The summed E-state index contributed by atoms with van der Waals surface area (Å²) in [7, 11) is 0. The fourth-order valence-corrected chi connectivity index (χ4v) is 3.11. The molecule has 1 saturated carbocycles. The highest BCUT2D eigenvalue weighted by Crippen LogP contribution is 2.25. The van der Waals surface area contributed by atoms with Gasteiger partial charge < -0.3 is 10.2 Å². The van der Waals surface area contributed by atoms with Gasteiger partial charge in [-0.2, -0.15) is 0 Å². The fraction of sp³-hybridized carbons (Fsp3) is 0.500. The summed E-state index contributed by atoms with van der Waals surface area (Å²) in [5, 5.41) is 4.18. The molecule has 2 aliphatic rings. The fourth-order valence-electron chi connectivity index (χ4n) is 2.88. The van der Waals surface area contributed by atoms with Gasteiger partial charge in [-0.3, -0.25) is 4.90 Å². The Balaban J connectivity index is 1.74. The molecule has 2 fully saturated rings. The molecule has 96 valence electrons. The van der Waals surface area contributed by atoms with E-state index in [4.69, 9.17) is 12.2 Å². The molecule has 4 heteroatoms. The van der Waals surface area contributed by atoms with Gasteiger partial charge in [0.05, 0.1) is 13.3 Å². The van der Waals surface area contributed by atoms with Crippen LogP contribution in [0.25, 0.3) is 0 Å². The van der Waals surface area contributed by atoms with Crippen LogP contribution in [0.3, 0.4) is 0 Å². The maximum absolute atomic E-state index is 5.42. The Bertz CT molecular complexity index is 414. The summed E-state index contributed by atoms with van der Waals surface area (Å²) in [4.78, 5) is 4.70. The minimum Gasteiger partial charge on any atom is -0.349 e. The predicted molar refractivity (Wildman–Crippen MR) is 78.5 cm³/mol. The molecule has 3 rings (SSSR count). The number of thiocarbonyl (C=S) groups is 1. The summed E-state index contributed by atoms with van der Waals surface area (Å²) in [6.45, 7) is 1.81. The van der Waals surface area contributed by atoms with Crippen LogP contribution in [0.2, 0.25) is 0 Å². The van der Waals surface area contributed by atoms with Crippen molar-refractivity contribution in [1.82, 2.24) is 10.2 Å². The van der Waals surface area contributed by atoms with Crippen molar-refractivity contribution < 1.29 is 0 Å². The molecule has 0 spiro atoms. The van der Waals surface area contributed by atoms with E-state index >= 15 is 0 Å². The quantitative estimate of drug-likeness (QED) is 0.824. The van der Waals surface area contributed by atoms with Crippen molar-refractivity contribution in [2.24, 2.45) is 0 Å². The first-order valence-corrected chi connectivity index (χ1v) is 7.10. The number of hydrogen-bond donors (Lipinski definition) is 1. The zero-order valence-electron chi connectivity index (χ0n) is 10.5. The highest BCUT2D eigenvalue weighted by molar-refractivity contribution is 7.80. The third-order valence-electron chi connectivity index (χ3n) is 3.91. The maximum atomic E-state index is 5.42. The molecule has 0 unspecified atom stereocenters. The summed E-state index contributed by atoms with van der Waals surface area (Å²) >= 11 is 5.42. The smallest absolute Gasteiger partial charge is 0.175 e. The highest BCUT2D eigenvalue weighted by Gasteiger charge is 2.28. The van der Waals surface area contributed by atoms with E-state index in [9.17, 15) is 0 Å². The Labute approximate surface area is 114 Å². The second-order valence-electron chi connectivity index (χ2n) is 5.07. The Hall–Kier alpha value is -1.13. The van der Waals surface area contributed by atoms with Crippen molar-refractivity contribution >= 4 is 23.0 Å². The van der Waals surface area contributed by atoms with Gasteiger partial charge in [0.1, 0.15) is 0 Å². The van der Waals surface area contributed by atoms with Crippen LogP contribution in [0.15, 0.2) is 30.3 Å². The highest BCUT2D eigenvalue weighted by atomic mass is 32.1. The van der Waals surface area contributed by atoms with Crippen molar-refractivity contribution in [2.45, 2.75) is 31.7 Å². The molecule has 0 atom stereocenters. The molecule has 1 aliphatic heterocycles.